The number of amides is 1. The Bertz CT molecular complexity index is 660. The lowest BCUT2D eigenvalue weighted by molar-refractivity contribution is -0.192. The van der Waals surface area contributed by atoms with Crippen molar-refractivity contribution in [2.75, 3.05) is 26.0 Å². The maximum Gasteiger partial charge on any atom is 0.490 e. The van der Waals surface area contributed by atoms with Gasteiger partial charge in [-0.25, -0.2) is 4.79 Å². The summed E-state index contributed by atoms with van der Waals surface area (Å²) in [6.45, 7) is 3.60. The molecule has 0 aliphatic carbocycles. The van der Waals surface area contributed by atoms with Gasteiger partial charge in [0.15, 0.2) is 0 Å². The second-order valence-electron chi connectivity index (χ2n) is 6.21. The fraction of sp³-hybridized carbons (Fsp3) is 0.562. The van der Waals surface area contributed by atoms with Crippen LogP contribution in [0.5, 0.6) is 0 Å². The Balaban J connectivity index is 0.000000298. The number of alkyl halides is 3. The molecule has 1 unspecified atom stereocenters. The number of aryl methyl sites for hydroxylation is 1. The van der Waals surface area contributed by atoms with Gasteiger partial charge >= 0.3 is 12.1 Å². The number of hydrogen-bond acceptors (Lipinski definition) is 5. The van der Waals surface area contributed by atoms with Crippen molar-refractivity contribution in [3.8, 4) is 0 Å². The predicted molar refractivity (Wildman–Crippen MR) is 89.2 cm³/mol. The number of rotatable bonds is 2. The molecule has 2 saturated heterocycles. The molecular formula is C16H19F3N2O4S. The van der Waals surface area contributed by atoms with Crippen molar-refractivity contribution in [3.63, 3.8) is 0 Å². The van der Waals surface area contributed by atoms with Gasteiger partial charge in [0.1, 0.15) is 0 Å². The minimum atomic E-state index is -5.08. The minimum Gasteiger partial charge on any atom is -0.475 e. The Hall–Kier alpha value is -1.81. The molecule has 1 amide bonds. The summed E-state index contributed by atoms with van der Waals surface area (Å²) >= 11 is 1.95. The van der Waals surface area contributed by atoms with Crippen LogP contribution in [-0.4, -0.2) is 69.8 Å². The second-order valence-corrected chi connectivity index (χ2v) is 7.70. The summed E-state index contributed by atoms with van der Waals surface area (Å²) in [5.74, 6) is -1.61. The molecule has 2 fully saturated rings. The number of carbonyl (C=O) groups is 2. The average molecular weight is 392 g/mol. The number of aliphatic carboxylic acids is 1. The van der Waals surface area contributed by atoms with Crippen molar-refractivity contribution in [3.05, 3.63) is 29.6 Å². The van der Waals surface area contributed by atoms with E-state index in [0.29, 0.717) is 11.7 Å². The highest BCUT2D eigenvalue weighted by molar-refractivity contribution is 8.01. The molecule has 6 nitrogen and oxygen atoms in total. The molecule has 26 heavy (non-hydrogen) atoms. The van der Waals surface area contributed by atoms with Crippen LogP contribution >= 0.6 is 11.8 Å². The zero-order chi connectivity index (χ0) is 19.5. The summed E-state index contributed by atoms with van der Waals surface area (Å²) in [5.41, 5.74) is 1.62. The molecule has 1 aromatic rings. The van der Waals surface area contributed by atoms with Crippen molar-refractivity contribution in [2.24, 2.45) is 0 Å². The van der Waals surface area contributed by atoms with Crippen LogP contribution in [-0.2, 0) is 9.53 Å². The molecule has 2 aliphatic rings. The van der Waals surface area contributed by atoms with Crippen LogP contribution in [0.3, 0.4) is 0 Å². The predicted octanol–water partition coefficient (Wildman–Crippen LogP) is 2.37. The third-order valence-electron chi connectivity index (χ3n) is 4.15. The van der Waals surface area contributed by atoms with Gasteiger partial charge in [0.05, 0.1) is 16.4 Å². The first-order valence-corrected chi connectivity index (χ1v) is 8.74. The number of likely N-dealkylation sites (tertiary alicyclic amines) is 1. The van der Waals surface area contributed by atoms with Gasteiger partial charge in [0.25, 0.3) is 5.91 Å². The van der Waals surface area contributed by atoms with Crippen molar-refractivity contribution in [2.45, 2.75) is 30.4 Å². The fourth-order valence-electron chi connectivity index (χ4n) is 2.74. The van der Waals surface area contributed by atoms with Gasteiger partial charge in [0.2, 0.25) is 0 Å². The minimum absolute atomic E-state index is 0.0968. The van der Waals surface area contributed by atoms with Crippen LogP contribution in [0.2, 0.25) is 0 Å². The number of aromatic nitrogens is 1. The van der Waals surface area contributed by atoms with Gasteiger partial charge in [-0.2, -0.15) is 13.2 Å². The van der Waals surface area contributed by atoms with E-state index in [1.165, 1.54) is 0 Å². The van der Waals surface area contributed by atoms with E-state index in [1.807, 2.05) is 35.7 Å². The van der Waals surface area contributed by atoms with Crippen molar-refractivity contribution < 1.29 is 32.6 Å². The number of ether oxygens (including phenoxy) is 1. The molecule has 1 N–H and O–H groups in total. The summed E-state index contributed by atoms with van der Waals surface area (Å²) in [5, 5.41) is 7.12. The van der Waals surface area contributed by atoms with Gasteiger partial charge in [-0.1, -0.05) is 0 Å². The first-order chi connectivity index (χ1) is 12.1. The van der Waals surface area contributed by atoms with Crippen LogP contribution in [0.25, 0.3) is 0 Å². The number of hydrogen-bond donors (Lipinski definition) is 1. The number of halogens is 3. The molecule has 144 valence electrons. The smallest absolute Gasteiger partial charge is 0.475 e. The van der Waals surface area contributed by atoms with E-state index in [0.717, 1.165) is 31.0 Å². The highest BCUT2D eigenvalue weighted by Gasteiger charge is 2.50. The molecule has 0 saturated carbocycles. The van der Waals surface area contributed by atoms with Crippen LogP contribution in [0.1, 0.15) is 22.5 Å². The van der Waals surface area contributed by atoms with Gasteiger partial charge in [-0.15, -0.1) is 11.8 Å². The topological polar surface area (TPSA) is 79.7 Å². The average Bonchev–Trinajstić information content (AvgIpc) is 2.98. The third-order valence-corrected chi connectivity index (χ3v) is 5.73. The van der Waals surface area contributed by atoms with E-state index in [1.54, 1.807) is 13.3 Å². The number of thioether (sulfide) groups is 1. The normalized spacial score (nSPS) is 21.0. The molecule has 3 heterocycles. The number of carbonyl (C=O) groups excluding carboxylic acids is 1. The standard InChI is InChI=1S/C14H18N2O2S.C2HF3O2/c1-10-3-4-11(6-15-10)13(17)16-8-14(9-16)5-12(18-2)7-19-14;3-2(4,5)1(6)7/h3-4,6,12H,5,7-9H2,1-2H3;(H,6,7). The van der Waals surface area contributed by atoms with Crippen molar-refractivity contribution >= 4 is 23.6 Å². The van der Waals surface area contributed by atoms with Crippen molar-refractivity contribution in [1.82, 2.24) is 9.88 Å². The van der Waals surface area contributed by atoms with Gasteiger partial charge in [0, 0.05) is 37.8 Å². The monoisotopic (exact) mass is 392 g/mol. The molecule has 1 atom stereocenters. The largest absolute Gasteiger partial charge is 0.490 e. The quantitative estimate of drug-likeness (QED) is 0.833. The second kappa shape index (κ2) is 7.83. The summed E-state index contributed by atoms with van der Waals surface area (Å²) in [7, 11) is 1.77. The summed E-state index contributed by atoms with van der Waals surface area (Å²) in [4.78, 5) is 27.3. The third kappa shape index (κ3) is 4.88. The Kier molecular flexibility index (Phi) is 6.17. The number of methoxy groups -OCH3 is 1. The Morgan fingerprint density at radius 1 is 1.38 bits per heavy atom. The summed E-state index contributed by atoms with van der Waals surface area (Å²) in [6.07, 6.45) is -2.00. The zero-order valence-electron chi connectivity index (χ0n) is 14.2. The molecule has 1 aromatic heterocycles. The van der Waals surface area contributed by atoms with E-state index in [2.05, 4.69) is 4.98 Å². The number of pyridine rings is 1. The zero-order valence-corrected chi connectivity index (χ0v) is 15.1. The molecule has 0 bridgehead atoms. The number of nitrogens with zero attached hydrogens (tertiary/aromatic N) is 2. The molecule has 2 aliphatic heterocycles. The summed E-state index contributed by atoms with van der Waals surface area (Å²) in [6, 6.07) is 3.74. The molecular weight excluding hydrogens is 373 g/mol. The molecule has 1 spiro atoms. The molecule has 3 rings (SSSR count). The van der Waals surface area contributed by atoms with Crippen LogP contribution in [0.4, 0.5) is 13.2 Å². The Labute approximate surface area is 152 Å². The van der Waals surface area contributed by atoms with E-state index in [9.17, 15) is 18.0 Å². The van der Waals surface area contributed by atoms with E-state index in [4.69, 9.17) is 14.6 Å². The maximum atomic E-state index is 12.3. The molecule has 0 aromatic carbocycles. The van der Waals surface area contributed by atoms with Crippen molar-refractivity contribution in [1.29, 1.82) is 0 Å². The maximum absolute atomic E-state index is 12.3. The SMILES string of the molecule is COC1CSC2(C1)CN(C(=O)c1ccc(C)nc1)C2.O=C(O)C(F)(F)F. The first-order valence-electron chi connectivity index (χ1n) is 7.75. The van der Waals surface area contributed by atoms with E-state index >= 15 is 0 Å². The molecule has 0 radical (unpaired) electrons. The number of carboxylic acids is 1. The van der Waals surface area contributed by atoms with Crippen LogP contribution < -0.4 is 0 Å². The van der Waals surface area contributed by atoms with Gasteiger partial charge in [-0.3, -0.25) is 9.78 Å². The van der Waals surface area contributed by atoms with E-state index in [-0.39, 0.29) is 10.7 Å². The first kappa shape index (κ1) is 20.5. The van der Waals surface area contributed by atoms with Gasteiger partial charge in [-0.05, 0) is 25.5 Å². The highest BCUT2D eigenvalue weighted by Crippen LogP contribution is 2.46. The van der Waals surface area contributed by atoms with E-state index < -0.39 is 12.1 Å². The molecule has 10 heteroatoms. The summed E-state index contributed by atoms with van der Waals surface area (Å²) < 4.78 is 37.4. The number of carboxylic acid groups (broad SMARTS) is 1. The fourth-order valence-corrected chi connectivity index (χ4v) is 4.34. The Morgan fingerprint density at radius 3 is 2.42 bits per heavy atom. The lowest BCUT2D eigenvalue weighted by Gasteiger charge is -2.47. The highest BCUT2D eigenvalue weighted by atomic mass is 32.2. The Morgan fingerprint density at radius 2 is 2.00 bits per heavy atom. The lowest BCUT2D eigenvalue weighted by Crippen LogP contribution is -2.60. The lowest BCUT2D eigenvalue weighted by atomic mass is 9.92. The van der Waals surface area contributed by atoms with Gasteiger partial charge < -0.3 is 14.7 Å². The van der Waals surface area contributed by atoms with Crippen LogP contribution in [0, 0.1) is 6.92 Å². The van der Waals surface area contributed by atoms with Crippen LogP contribution in [0.15, 0.2) is 18.3 Å².